The van der Waals surface area contributed by atoms with Gasteiger partial charge in [0.05, 0.1) is 26.1 Å². The molecule has 2 amide bonds. The summed E-state index contributed by atoms with van der Waals surface area (Å²) in [6.45, 7) is 3.40. The fourth-order valence-electron chi connectivity index (χ4n) is 3.04. The van der Waals surface area contributed by atoms with E-state index in [0.717, 1.165) is 24.9 Å². The number of carbonyl (C=O) groups excluding carboxylic acids is 2. The van der Waals surface area contributed by atoms with Gasteiger partial charge in [-0.25, -0.2) is 0 Å². The maximum atomic E-state index is 12.3. The number of benzene rings is 1. The van der Waals surface area contributed by atoms with Gasteiger partial charge in [-0.3, -0.25) is 9.59 Å². The van der Waals surface area contributed by atoms with Crippen LogP contribution in [0.2, 0.25) is 0 Å². The topological polar surface area (TPSA) is 67.9 Å². The lowest BCUT2D eigenvalue weighted by molar-refractivity contribution is -0.133. The fraction of sp³-hybridized carbons (Fsp3) is 0.600. The van der Waals surface area contributed by atoms with Crippen LogP contribution in [0, 0.1) is 11.8 Å². The lowest BCUT2D eigenvalue weighted by atomic mass is 10.1. The van der Waals surface area contributed by atoms with Gasteiger partial charge in [-0.1, -0.05) is 19.4 Å². The van der Waals surface area contributed by atoms with Crippen LogP contribution >= 0.6 is 0 Å². The Labute approximate surface area is 155 Å². The van der Waals surface area contributed by atoms with Gasteiger partial charge in [0.25, 0.3) is 0 Å². The Hall–Kier alpha value is -2.24. The summed E-state index contributed by atoms with van der Waals surface area (Å²) >= 11 is 0. The molecule has 1 saturated carbocycles. The highest BCUT2D eigenvalue weighted by atomic mass is 16.5. The Balaban J connectivity index is 1.75. The summed E-state index contributed by atoms with van der Waals surface area (Å²) in [6.07, 6.45) is 3.42. The second kappa shape index (κ2) is 9.46. The average molecular weight is 362 g/mol. The van der Waals surface area contributed by atoms with Crippen LogP contribution in [-0.2, 0) is 16.0 Å². The van der Waals surface area contributed by atoms with Gasteiger partial charge in [-0.2, -0.15) is 0 Å². The van der Waals surface area contributed by atoms with Gasteiger partial charge in [0, 0.05) is 20.1 Å². The molecule has 2 rings (SSSR count). The molecule has 0 bridgehead atoms. The summed E-state index contributed by atoms with van der Waals surface area (Å²) in [5.41, 5.74) is 1.06. The Morgan fingerprint density at radius 1 is 1.19 bits per heavy atom. The molecule has 1 aliphatic carbocycles. The Kier molecular flexibility index (Phi) is 7.30. The van der Waals surface area contributed by atoms with Crippen LogP contribution in [0.3, 0.4) is 0 Å². The van der Waals surface area contributed by atoms with Crippen LogP contribution in [-0.4, -0.2) is 51.1 Å². The summed E-state index contributed by atoms with van der Waals surface area (Å²) < 4.78 is 10.5. The first-order valence-electron chi connectivity index (χ1n) is 9.25. The molecular formula is C20H30N2O4. The smallest absolute Gasteiger partial charge is 0.226 e. The zero-order valence-corrected chi connectivity index (χ0v) is 16.2. The highest BCUT2D eigenvalue weighted by Crippen LogP contribution is 2.40. The standard InChI is InChI=1S/C20H30N2O4/c1-5-6-11-22(2)20(24)16-13-15(16)19(23)21-10-9-14-7-8-17(25-3)18(12-14)26-4/h7-8,12,15-16H,5-6,9-11,13H2,1-4H3,(H,21,23). The number of nitrogens with one attached hydrogen (secondary N) is 1. The lowest BCUT2D eigenvalue weighted by Gasteiger charge is -2.16. The van der Waals surface area contributed by atoms with E-state index in [1.165, 1.54) is 0 Å². The van der Waals surface area contributed by atoms with Gasteiger partial charge in [-0.15, -0.1) is 0 Å². The normalized spacial score (nSPS) is 18.2. The second-order valence-corrected chi connectivity index (χ2v) is 6.79. The van der Waals surface area contributed by atoms with Crippen molar-refractivity contribution in [2.24, 2.45) is 11.8 Å². The SMILES string of the molecule is CCCCN(C)C(=O)C1CC1C(=O)NCCc1ccc(OC)c(OC)c1. The van der Waals surface area contributed by atoms with Crippen molar-refractivity contribution in [2.45, 2.75) is 32.6 Å². The van der Waals surface area contributed by atoms with Gasteiger partial charge >= 0.3 is 0 Å². The van der Waals surface area contributed by atoms with Crippen molar-refractivity contribution in [3.8, 4) is 11.5 Å². The number of amides is 2. The first kappa shape index (κ1) is 20.1. The molecule has 2 atom stereocenters. The molecule has 26 heavy (non-hydrogen) atoms. The van der Waals surface area contributed by atoms with E-state index in [1.807, 2.05) is 25.2 Å². The van der Waals surface area contributed by atoms with E-state index < -0.39 is 0 Å². The Bertz CT molecular complexity index is 632. The molecule has 0 aliphatic heterocycles. The van der Waals surface area contributed by atoms with Crippen molar-refractivity contribution in [2.75, 3.05) is 34.4 Å². The molecule has 0 radical (unpaired) electrons. The number of nitrogens with zero attached hydrogens (tertiary/aromatic N) is 1. The maximum absolute atomic E-state index is 12.3. The molecular weight excluding hydrogens is 332 g/mol. The highest BCUT2D eigenvalue weighted by molar-refractivity contribution is 5.92. The van der Waals surface area contributed by atoms with E-state index in [4.69, 9.17) is 9.47 Å². The molecule has 6 nitrogen and oxygen atoms in total. The van der Waals surface area contributed by atoms with Crippen molar-refractivity contribution in [3.05, 3.63) is 23.8 Å². The van der Waals surface area contributed by atoms with Gasteiger partial charge in [0.1, 0.15) is 0 Å². The van der Waals surface area contributed by atoms with E-state index in [0.29, 0.717) is 30.9 Å². The minimum atomic E-state index is -0.169. The van der Waals surface area contributed by atoms with Crippen molar-refractivity contribution in [1.29, 1.82) is 0 Å². The van der Waals surface area contributed by atoms with E-state index in [9.17, 15) is 9.59 Å². The monoisotopic (exact) mass is 362 g/mol. The van der Waals surface area contributed by atoms with Crippen LogP contribution in [0.5, 0.6) is 11.5 Å². The maximum Gasteiger partial charge on any atom is 0.226 e. The third-order valence-corrected chi connectivity index (χ3v) is 4.83. The predicted octanol–water partition coefficient (Wildman–Crippen LogP) is 2.26. The van der Waals surface area contributed by atoms with Gasteiger partial charge in [0.15, 0.2) is 11.5 Å². The van der Waals surface area contributed by atoms with Crippen molar-refractivity contribution in [1.82, 2.24) is 10.2 Å². The summed E-state index contributed by atoms with van der Waals surface area (Å²) in [4.78, 5) is 26.3. The van der Waals surface area contributed by atoms with Gasteiger partial charge in [-0.05, 0) is 37.0 Å². The summed E-state index contributed by atoms with van der Waals surface area (Å²) in [5.74, 6) is 1.13. The molecule has 144 valence electrons. The van der Waals surface area contributed by atoms with Crippen molar-refractivity contribution < 1.29 is 19.1 Å². The molecule has 1 aliphatic rings. The molecule has 0 aromatic heterocycles. The van der Waals surface area contributed by atoms with Gasteiger partial charge < -0.3 is 19.7 Å². The number of hydrogen-bond donors (Lipinski definition) is 1. The summed E-state index contributed by atoms with van der Waals surface area (Å²) in [5, 5.41) is 2.94. The Morgan fingerprint density at radius 3 is 2.58 bits per heavy atom. The fourth-order valence-corrected chi connectivity index (χ4v) is 3.04. The van der Waals surface area contributed by atoms with E-state index in [2.05, 4.69) is 12.2 Å². The number of carbonyl (C=O) groups is 2. The first-order chi connectivity index (χ1) is 12.5. The molecule has 1 aromatic carbocycles. The number of methoxy groups -OCH3 is 2. The molecule has 1 aromatic rings. The van der Waals surface area contributed by atoms with Crippen molar-refractivity contribution in [3.63, 3.8) is 0 Å². The van der Waals surface area contributed by atoms with Crippen LogP contribution < -0.4 is 14.8 Å². The van der Waals surface area contributed by atoms with Crippen LogP contribution in [0.4, 0.5) is 0 Å². The molecule has 1 N–H and O–H groups in total. The number of rotatable bonds is 10. The average Bonchev–Trinajstić information content (AvgIpc) is 3.46. The lowest BCUT2D eigenvalue weighted by Crippen LogP contribution is -2.32. The summed E-state index contributed by atoms with van der Waals surface area (Å²) in [7, 11) is 5.03. The Morgan fingerprint density at radius 2 is 1.92 bits per heavy atom. The molecule has 2 unspecified atom stereocenters. The van der Waals surface area contributed by atoms with Crippen LogP contribution in [0.15, 0.2) is 18.2 Å². The zero-order chi connectivity index (χ0) is 19.1. The quantitative estimate of drug-likeness (QED) is 0.693. The van der Waals surface area contributed by atoms with E-state index in [1.54, 1.807) is 19.1 Å². The minimum Gasteiger partial charge on any atom is -0.493 e. The predicted molar refractivity (Wildman–Crippen MR) is 100 cm³/mol. The third kappa shape index (κ3) is 5.13. The van der Waals surface area contributed by atoms with Crippen LogP contribution in [0.1, 0.15) is 31.7 Å². The van der Waals surface area contributed by atoms with Gasteiger partial charge in [0.2, 0.25) is 11.8 Å². The van der Waals surface area contributed by atoms with Crippen LogP contribution in [0.25, 0.3) is 0 Å². The second-order valence-electron chi connectivity index (χ2n) is 6.79. The number of ether oxygens (including phenoxy) is 2. The molecule has 0 heterocycles. The molecule has 6 heteroatoms. The van der Waals surface area contributed by atoms with E-state index in [-0.39, 0.29) is 23.7 Å². The molecule has 1 fully saturated rings. The summed E-state index contributed by atoms with van der Waals surface area (Å²) in [6, 6.07) is 5.73. The first-order valence-corrected chi connectivity index (χ1v) is 9.25. The molecule has 0 spiro atoms. The zero-order valence-electron chi connectivity index (χ0n) is 16.2. The highest BCUT2D eigenvalue weighted by Gasteiger charge is 2.48. The number of unbranched alkanes of at least 4 members (excludes halogenated alkanes) is 1. The van der Waals surface area contributed by atoms with Crippen molar-refractivity contribution >= 4 is 11.8 Å². The minimum absolute atomic E-state index is 0.0206. The number of hydrogen-bond acceptors (Lipinski definition) is 4. The largest absolute Gasteiger partial charge is 0.493 e. The molecule has 0 saturated heterocycles. The third-order valence-electron chi connectivity index (χ3n) is 4.83. The van der Waals surface area contributed by atoms with E-state index >= 15 is 0 Å².